The molecule has 0 fully saturated rings. The number of nitriles is 1. The predicted octanol–water partition coefficient (Wildman–Crippen LogP) is 4.17. The summed E-state index contributed by atoms with van der Waals surface area (Å²) < 4.78 is 35.4. The first-order valence-corrected chi connectivity index (χ1v) is 8.82. The fourth-order valence-corrected chi connectivity index (χ4v) is 3.47. The second kappa shape index (κ2) is 7.07. The molecule has 0 heterocycles. The van der Waals surface area contributed by atoms with E-state index in [1.807, 2.05) is 0 Å². The van der Waals surface area contributed by atoms with Crippen molar-refractivity contribution in [2.45, 2.75) is 9.79 Å². The van der Waals surface area contributed by atoms with Gasteiger partial charge in [-0.05, 0) is 60.7 Å². The van der Waals surface area contributed by atoms with Gasteiger partial charge in [0.2, 0.25) is 9.84 Å². The van der Waals surface area contributed by atoms with Crippen LogP contribution in [0.15, 0.2) is 88.7 Å². The number of hydrogen-bond donors (Lipinski definition) is 0. The van der Waals surface area contributed by atoms with Crippen molar-refractivity contribution in [1.82, 2.24) is 0 Å². The highest BCUT2D eigenvalue weighted by atomic mass is 32.2. The van der Waals surface area contributed by atoms with Crippen LogP contribution < -0.4 is 9.47 Å². The van der Waals surface area contributed by atoms with Crippen LogP contribution in [0.4, 0.5) is 0 Å². The Morgan fingerprint density at radius 3 is 1.72 bits per heavy atom. The summed E-state index contributed by atoms with van der Waals surface area (Å²) in [6.45, 7) is 0. The standard InChI is InChI=1S/C19H13NO4S/c20-14-23-15-6-8-16(9-7-15)24-17-10-12-19(13-11-17)25(21,22)18-4-2-1-3-5-18/h1-13H. The molecule has 6 heteroatoms. The highest BCUT2D eigenvalue weighted by Gasteiger charge is 2.16. The molecule has 3 rings (SSSR count). The lowest BCUT2D eigenvalue weighted by molar-refractivity contribution is 0.476. The maximum absolute atomic E-state index is 12.5. The van der Waals surface area contributed by atoms with Crippen LogP contribution in [-0.4, -0.2) is 8.42 Å². The lowest BCUT2D eigenvalue weighted by atomic mass is 10.3. The molecule has 0 unspecified atom stereocenters. The Morgan fingerprint density at radius 1 is 0.680 bits per heavy atom. The number of ether oxygens (including phenoxy) is 2. The summed E-state index contributed by atoms with van der Waals surface area (Å²) in [6.07, 6.45) is 1.59. The summed E-state index contributed by atoms with van der Waals surface area (Å²) in [5.41, 5.74) is 0. The average molecular weight is 351 g/mol. The molecule has 0 aromatic heterocycles. The smallest absolute Gasteiger partial charge is 0.292 e. The van der Waals surface area contributed by atoms with Crippen LogP contribution in [0.1, 0.15) is 0 Å². The highest BCUT2D eigenvalue weighted by molar-refractivity contribution is 7.91. The van der Waals surface area contributed by atoms with Gasteiger partial charge in [0, 0.05) is 0 Å². The van der Waals surface area contributed by atoms with Crippen LogP contribution >= 0.6 is 0 Å². The second-order valence-corrected chi connectivity index (χ2v) is 7.00. The van der Waals surface area contributed by atoms with Gasteiger partial charge < -0.3 is 9.47 Å². The molecule has 0 aliphatic rings. The van der Waals surface area contributed by atoms with Crippen LogP contribution in [0.5, 0.6) is 17.2 Å². The molecule has 0 atom stereocenters. The van der Waals surface area contributed by atoms with E-state index in [1.165, 1.54) is 12.1 Å². The second-order valence-electron chi connectivity index (χ2n) is 5.05. The molecule has 25 heavy (non-hydrogen) atoms. The van der Waals surface area contributed by atoms with Crippen molar-refractivity contribution < 1.29 is 17.9 Å². The minimum Gasteiger partial charge on any atom is -0.457 e. The van der Waals surface area contributed by atoms with Gasteiger partial charge in [-0.1, -0.05) is 18.2 Å². The monoisotopic (exact) mass is 351 g/mol. The minimum absolute atomic E-state index is 0.198. The average Bonchev–Trinajstić information content (AvgIpc) is 2.65. The minimum atomic E-state index is -3.54. The third-order valence-electron chi connectivity index (χ3n) is 3.41. The Morgan fingerprint density at radius 2 is 1.16 bits per heavy atom. The zero-order valence-corrected chi connectivity index (χ0v) is 13.8. The molecule has 0 saturated carbocycles. The summed E-state index contributed by atoms with van der Waals surface area (Å²) in [5.74, 6) is 1.46. The fraction of sp³-hybridized carbons (Fsp3) is 0. The van der Waals surface area contributed by atoms with E-state index in [1.54, 1.807) is 73.0 Å². The van der Waals surface area contributed by atoms with Crippen LogP contribution in [-0.2, 0) is 9.84 Å². The van der Waals surface area contributed by atoms with Crippen molar-refractivity contribution >= 4 is 9.84 Å². The molecule has 0 saturated heterocycles. The largest absolute Gasteiger partial charge is 0.457 e. The van der Waals surface area contributed by atoms with Gasteiger partial charge in [0.25, 0.3) is 6.26 Å². The molecule has 0 aliphatic carbocycles. The van der Waals surface area contributed by atoms with E-state index < -0.39 is 9.84 Å². The number of nitrogens with zero attached hydrogens (tertiary/aromatic N) is 1. The molecule has 3 aromatic carbocycles. The van der Waals surface area contributed by atoms with Gasteiger partial charge in [0.1, 0.15) is 17.2 Å². The number of rotatable bonds is 5. The van der Waals surface area contributed by atoms with Crippen LogP contribution in [0.2, 0.25) is 0 Å². The van der Waals surface area contributed by atoms with Gasteiger partial charge in [0.15, 0.2) is 0 Å². The van der Waals surface area contributed by atoms with E-state index in [0.717, 1.165) is 0 Å². The Hall–Kier alpha value is -3.30. The van der Waals surface area contributed by atoms with Crippen molar-refractivity contribution in [3.63, 3.8) is 0 Å². The summed E-state index contributed by atoms with van der Waals surface area (Å²) in [5, 5.41) is 8.45. The molecule has 0 N–H and O–H groups in total. The molecular weight excluding hydrogens is 338 g/mol. The molecular formula is C19H13NO4S. The number of benzene rings is 3. The quantitative estimate of drug-likeness (QED) is 0.645. The first kappa shape index (κ1) is 16.6. The van der Waals surface area contributed by atoms with Crippen molar-refractivity contribution in [2.24, 2.45) is 0 Å². The Bertz CT molecular complexity index is 990. The summed E-state index contributed by atoms with van der Waals surface area (Å²) in [6, 6.07) is 21.0. The van der Waals surface area contributed by atoms with Crippen molar-refractivity contribution in [3.05, 3.63) is 78.9 Å². The summed E-state index contributed by atoms with van der Waals surface area (Å²) in [4.78, 5) is 0.445. The van der Waals surface area contributed by atoms with E-state index in [9.17, 15) is 8.42 Å². The third-order valence-corrected chi connectivity index (χ3v) is 5.20. The normalized spacial score (nSPS) is 10.7. The molecule has 5 nitrogen and oxygen atoms in total. The predicted molar refractivity (Wildman–Crippen MR) is 91.1 cm³/mol. The Labute approximate surface area is 145 Å². The molecule has 124 valence electrons. The maximum atomic E-state index is 12.5. The zero-order chi connectivity index (χ0) is 17.7. The SMILES string of the molecule is N#COc1ccc(Oc2ccc(S(=O)(=O)c3ccccc3)cc2)cc1. The highest BCUT2D eigenvalue weighted by Crippen LogP contribution is 2.27. The van der Waals surface area contributed by atoms with E-state index in [0.29, 0.717) is 17.2 Å². The number of hydrogen-bond acceptors (Lipinski definition) is 5. The first-order valence-electron chi connectivity index (χ1n) is 7.34. The molecule has 0 bridgehead atoms. The molecule has 0 aliphatic heterocycles. The maximum Gasteiger partial charge on any atom is 0.292 e. The lowest BCUT2D eigenvalue weighted by Gasteiger charge is -2.08. The van der Waals surface area contributed by atoms with Gasteiger partial charge in [-0.2, -0.15) is 0 Å². The van der Waals surface area contributed by atoms with E-state index in [4.69, 9.17) is 10.00 Å². The molecule has 0 radical (unpaired) electrons. The molecule has 0 amide bonds. The van der Waals surface area contributed by atoms with E-state index in [2.05, 4.69) is 4.74 Å². The topological polar surface area (TPSA) is 76.4 Å². The van der Waals surface area contributed by atoms with Crippen LogP contribution in [0, 0.1) is 11.5 Å². The first-order chi connectivity index (χ1) is 12.1. The van der Waals surface area contributed by atoms with E-state index in [-0.39, 0.29) is 9.79 Å². The molecule has 0 spiro atoms. The number of sulfone groups is 1. The van der Waals surface area contributed by atoms with Gasteiger partial charge in [-0.25, -0.2) is 8.42 Å². The van der Waals surface area contributed by atoms with E-state index >= 15 is 0 Å². The van der Waals surface area contributed by atoms with Gasteiger partial charge in [0.05, 0.1) is 9.79 Å². The Balaban J connectivity index is 1.77. The molecule has 3 aromatic rings. The van der Waals surface area contributed by atoms with Gasteiger partial charge in [-0.15, -0.1) is 5.26 Å². The van der Waals surface area contributed by atoms with Crippen LogP contribution in [0.3, 0.4) is 0 Å². The van der Waals surface area contributed by atoms with Crippen molar-refractivity contribution in [3.8, 4) is 23.5 Å². The summed E-state index contributed by atoms with van der Waals surface area (Å²) in [7, 11) is -3.54. The van der Waals surface area contributed by atoms with Crippen molar-refractivity contribution in [2.75, 3.05) is 0 Å². The van der Waals surface area contributed by atoms with Crippen molar-refractivity contribution in [1.29, 1.82) is 5.26 Å². The Kier molecular flexibility index (Phi) is 4.68. The van der Waals surface area contributed by atoms with Crippen LogP contribution in [0.25, 0.3) is 0 Å². The zero-order valence-electron chi connectivity index (χ0n) is 13.0. The lowest BCUT2D eigenvalue weighted by Crippen LogP contribution is -2.01. The third kappa shape index (κ3) is 3.79. The fourth-order valence-electron chi connectivity index (χ4n) is 2.19. The summed E-state index contributed by atoms with van der Waals surface area (Å²) >= 11 is 0. The van der Waals surface area contributed by atoms with Gasteiger partial charge >= 0.3 is 0 Å². The van der Waals surface area contributed by atoms with Gasteiger partial charge in [-0.3, -0.25) is 0 Å².